The third-order valence-electron chi connectivity index (χ3n) is 8.24. The fourth-order valence-corrected chi connectivity index (χ4v) is 6.62. The Balaban J connectivity index is 1.16. The van der Waals surface area contributed by atoms with Gasteiger partial charge in [0.25, 0.3) is 0 Å². The number of likely N-dealkylation sites (tertiary alicyclic amines) is 2. The van der Waals surface area contributed by atoms with Crippen molar-refractivity contribution in [3.8, 4) is 0 Å². The normalized spacial score (nSPS) is 33.1. The maximum atomic E-state index is 12.8. The Morgan fingerprint density at radius 1 is 0.643 bits per heavy atom. The van der Waals surface area contributed by atoms with Gasteiger partial charge in [-0.15, -0.1) is 0 Å². The molecule has 4 nitrogen and oxygen atoms in total. The van der Waals surface area contributed by atoms with Crippen LogP contribution >= 0.6 is 0 Å². The second kappa shape index (κ2) is 9.63. The Bertz CT molecular complexity index is 547. The van der Waals surface area contributed by atoms with Gasteiger partial charge in [-0.1, -0.05) is 32.1 Å². The molecule has 158 valence electrons. The summed E-state index contributed by atoms with van der Waals surface area (Å²) >= 11 is 0. The number of rotatable bonds is 5. The molecule has 2 saturated heterocycles. The minimum Gasteiger partial charge on any atom is -0.342 e. The lowest BCUT2D eigenvalue weighted by molar-refractivity contribution is -0.138. The summed E-state index contributed by atoms with van der Waals surface area (Å²) in [6.45, 7) is 2.93. The predicted molar refractivity (Wildman–Crippen MR) is 112 cm³/mol. The van der Waals surface area contributed by atoms with Crippen LogP contribution in [-0.2, 0) is 9.59 Å². The number of nitrogens with zero attached hydrogens (tertiary/aromatic N) is 2. The van der Waals surface area contributed by atoms with Gasteiger partial charge in [-0.25, -0.2) is 0 Å². The van der Waals surface area contributed by atoms with E-state index in [1.807, 2.05) is 0 Å². The number of piperidine rings is 2. The van der Waals surface area contributed by atoms with Crippen LogP contribution in [0, 0.1) is 17.8 Å². The van der Waals surface area contributed by atoms with E-state index in [9.17, 15) is 9.59 Å². The Morgan fingerprint density at radius 2 is 1.29 bits per heavy atom. The van der Waals surface area contributed by atoms with E-state index in [2.05, 4.69) is 9.80 Å². The first-order chi connectivity index (χ1) is 13.7. The van der Waals surface area contributed by atoms with Gasteiger partial charge in [-0.3, -0.25) is 9.59 Å². The molecule has 0 radical (unpaired) electrons. The van der Waals surface area contributed by atoms with Crippen LogP contribution in [0.1, 0.15) is 96.3 Å². The fraction of sp³-hybridized carbons (Fsp3) is 0.917. The number of hydrogen-bond acceptors (Lipinski definition) is 2. The SMILES string of the molecule is O=C(CCCCC(=O)N1CCCC2CCCCC21)N1CCC2CCCCC2C1. The predicted octanol–water partition coefficient (Wildman–Crippen LogP) is 4.77. The summed E-state index contributed by atoms with van der Waals surface area (Å²) < 4.78 is 0. The number of fused-ring (bicyclic) bond motifs is 2. The quantitative estimate of drug-likeness (QED) is 0.637. The lowest BCUT2D eigenvalue weighted by atomic mass is 9.75. The summed E-state index contributed by atoms with van der Waals surface area (Å²) in [5.74, 6) is 3.09. The minimum absolute atomic E-state index is 0.335. The van der Waals surface area contributed by atoms with Crippen molar-refractivity contribution in [3.63, 3.8) is 0 Å². The highest BCUT2D eigenvalue weighted by molar-refractivity contribution is 5.77. The third kappa shape index (κ3) is 4.74. The van der Waals surface area contributed by atoms with Gasteiger partial charge in [0.15, 0.2) is 0 Å². The van der Waals surface area contributed by atoms with Crippen LogP contribution in [-0.4, -0.2) is 47.3 Å². The van der Waals surface area contributed by atoms with Gasteiger partial charge >= 0.3 is 0 Å². The molecule has 0 aromatic rings. The fourth-order valence-electron chi connectivity index (χ4n) is 6.62. The molecule has 2 aliphatic carbocycles. The molecule has 2 aliphatic heterocycles. The monoisotopic (exact) mass is 388 g/mol. The molecule has 0 aromatic carbocycles. The highest BCUT2D eigenvalue weighted by Gasteiger charge is 2.35. The summed E-state index contributed by atoms with van der Waals surface area (Å²) in [7, 11) is 0. The molecule has 4 heteroatoms. The van der Waals surface area contributed by atoms with E-state index < -0.39 is 0 Å². The summed E-state index contributed by atoms with van der Waals surface area (Å²) in [4.78, 5) is 29.8. The van der Waals surface area contributed by atoms with Crippen LogP contribution in [0.2, 0.25) is 0 Å². The van der Waals surface area contributed by atoms with Gasteiger partial charge < -0.3 is 9.80 Å². The van der Waals surface area contributed by atoms with E-state index in [0.717, 1.165) is 50.2 Å². The van der Waals surface area contributed by atoms with Gasteiger partial charge in [0.1, 0.15) is 0 Å². The molecule has 4 fully saturated rings. The van der Waals surface area contributed by atoms with Crippen LogP contribution in [0.4, 0.5) is 0 Å². The molecular formula is C24H40N2O2. The van der Waals surface area contributed by atoms with Gasteiger partial charge in [0.05, 0.1) is 0 Å². The minimum atomic E-state index is 0.335. The first kappa shape index (κ1) is 20.2. The Morgan fingerprint density at radius 3 is 2.11 bits per heavy atom. The van der Waals surface area contributed by atoms with Crippen molar-refractivity contribution in [1.82, 2.24) is 9.80 Å². The van der Waals surface area contributed by atoms with Crippen molar-refractivity contribution in [1.29, 1.82) is 0 Å². The van der Waals surface area contributed by atoms with E-state index in [1.165, 1.54) is 70.6 Å². The van der Waals surface area contributed by atoms with Crippen LogP contribution in [0.3, 0.4) is 0 Å². The molecule has 4 rings (SSSR count). The Labute approximate surface area is 171 Å². The standard InChI is InChI=1S/C24H40N2O2/c27-23(25-17-15-19-8-1-2-10-21(19)18-25)13-5-6-14-24(28)26-16-7-11-20-9-3-4-12-22(20)26/h19-22H,1-18H2. The maximum Gasteiger partial charge on any atom is 0.222 e. The number of unbranched alkanes of at least 4 members (excludes halogenated alkanes) is 1. The average molecular weight is 389 g/mol. The van der Waals surface area contributed by atoms with Crippen molar-refractivity contribution in [2.45, 2.75) is 102 Å². The molecule has 2 amide bonds. The molecule has 2 heterocycles. The molecule has 0 N–H and O–H groups in total. The zero-order chi connectivity index (χ0) is 19.3. The first-order valence-electron chi connectivity index (χ1n) is 12.3. The third-order valence-corrected chi connectivity index (χ3v) is 8.24. The zero-order valence-electron chi connectivity index (χ0n) is 17.7. The summed E-state index contributed by atoms with van der Waals surface area (Å²) in [6.07, 6.45) is 17.4. The molecular weight excluding hydrogens is 348 g/mol. The molecule has 28 heavy (non-hydrogen) atoms. The largest absolute Gasteiger partial charge is 0.342 e. The molecule has 4 aliphatic rings. The Hall–Kier alpha value is -1.06. The van der Waals surface area contributed by atoms with Crippen LogP contribution in [0.5, 0.6) is 0 Å². The molecule has 4 unspecified atom stereocenters. The van der Waals surface area contributed by atoms with Crippen LogP contribution in [0.25, 0.3) is 0 Å². The van der Waals surface area contributed by atoms with Crippen molar-refractivity contribution in [3.05, 3.63) is 0 Å². The number of hydrogen-bond donors (Lipinski definition) is 0. The second-order valence-corrected chi connectivity index (χ2v) is 9.98. The molecule has 0 aromatic heterocycles. The first-order valence-corrected chi connectivity index (χ1v) is 12.3. The smallest absolute Gasteiger partial charge is 0.222 e. The topological polar surface area (TPSA) is 40.6 Å². The summed E-state index contributed by atoms with van der Waals surface area (Å²) in [5, 5.41) is 0. The molecule has 0 bridgehead atoms. The lowest BCUT2D eigenvalue weighted by Gasteiger charge is -2.44. The maximum absolute atomic E-state index is 12.8. The van der Waals surface area contributed by atoms with Gasteiger partial charge in [0, 0.05) is 38.5 Å². The van der Waals surface area contributed by atoms with E-state index in [4.69, 9.17) is 0 Å². The molecule has 0 spiro atoms. The van der Waals surface area contributed by atoms with E-state index in [-0.39, 0.29) is 0 Å². The van der Waals surface area contributed by atoms with Crippen molar-refractivity contribution in [2.75, 3.05) is 19.6 Å². The van der Waals surface area contributed by atoms with E-state index in [0.29, 0.717) is 30.7 Å². The molecule has 2 saturated carbocycles. The number of carbonyl (C=O) groups excluding carboxylic acids is 2. The van der Waals surface area contributed by atoms with Crippen LogP contribution in [0.15, 0.2) is 0 Å². The number of amides is 2. The lowest BCUT2D eigenvalue weighted by Crippen LogP contribution is -2.49. The van der Waals surface area contributed by atoms with Crippen molar-refractivity contribution < 1.29 is 9.59 Å². The highest BCUT2D eigenvalue weighted by Crippen LogP contribution is 2.37. The zero-order valence-corrected chi connectivity index (χ0v) is 17.7. The van der Waals surface area contributed by atoms with Gasteiger partial charge in [-0.2, -0.15) is 0 Å². The van der Waals surface area contributed by atoms with E-state index in [1.54, 1.807) is 0 Å². The van der Waals surface area contributed by atoms with Gasteiger partial charge in [0.2, 0.25) is 11.8 Å². The highest BCUT2D eigenvalue weighted by atomic mass is 16.2. The van der Waals surface area contributed by atoms with Crippen LogP contribution < -0.4 is 0 Å². The summed E-state index contributed by atoms with van der Waals surface area (Å²) in [5.41, 5.74) is 0. The van der Waals surface area contributed by atoms with E-state index >= 15 is 0 Å². The average Bonchev–Trinajstić information content (AvgIpc) is 2.75. The van der Waals surface area contributed by atoms with Gasteiger partial charge in [-0.05, 0) is 69.1 Å². The van der Waals surface area contributed by atoms with Crippen molar-refractivity contribution in [2.24, 2.45) is 17.8 Å². The second-order valence-electron chi connectivity index (χ2n) is 9.98. The Kier molecular flexibility index (Phi) is 6.95. The summed E-state index contributed by atoms with van der Waals surface area (Å²) in [6, 6.07) is 0.522. The number of carbonyl (C=O) groups is 2. The van der Waals surface area contributed by atoms with Crippen molar-refractivity contribution >= 4 is 11.8 Å². The molecule has 4 atom stereocenters.